The largest absolute Gasteiger partial charge is 0.506 e. The van der Waals surface area contributed by atoms with E-state index in [1.807, 2.05) is 0 Å². The molecule has 0 heterocycles. The molecule has 1 amide bonds. The van der Waals surface area contributed by atoms with Gasteiger partial charge < -0.3 is 16.2 Å². The first-order chi connectivity index (χ1) is 12.8. The van der Waals surface area contributed by atoms with Crippen molar-refractivity contribution in [3.05, 3.63) is 23.3 Å². The highest BCUT2D eigenvalue weighted by atomic mass is 16.3. The van der Waals surface area contributed by atoms with E-state index in [1.165, 1.54) is 18.6 Å². The van der Waals surface area contributed by atoms with E-state index < -0.39 is 0 Å². The Morgan fingerprint density at radius 3 is 2.11 bits per heavy atom. The van der Waals surface area contributed by atoms with Gasteiger partial charge in [-0.3, -0.25) is 9.59 Å². The minimum absolute atomic E-state index is 0.0285. The third-order valence-corrected chi connectivity index (χ3v) is 7.06. The second-order valence-corrected chi connectivity index (χ2v) is 8.25. The number of carbonyl (C=O) groups is 2. The van der Waals surface area contributed by atoms with Gasteiger partial charge in [-0.25, -0.2) is 0 Å². The number of nitrogens with two attached hydrogens (primary N) is 1. The Morgan fingerprint density at radius 2 is 1.67 bits per heavy atom. The molecule has 0 unspecified atom stereocenters. The summed E-state index contributed by atoms with van der Waals surface area (Å²) in [4.78, 5) is 24.0. The SMILES string of the molecule is CCC1(CC)CC(NC(=O)c2ccc(N)c(C=O)c2O)CC(CC)(CC)C1. The van der Waals surface area contributed by atoms with E-state index in [9.17, 15) is 14.7 Å². The Bertz CT molecular complexity index is 671. The molecule has 1 aromatic rings. The van der Waals surface area contributed by atoms with E-state index in [0.29, 0.717) is 6.29 Å². The zero-order valence-corrected chi connectivity index (χ0v) is 17.1. The van der Waals surface area contributed by atoms with Gasteiger partial charge in [0, 0.05) is 11.7 Å². The molecule has 0 bridgehead atoms. The highest BCUT2D eigenvalue weighted by Gasteiger charge is 2.45. The Labute approximate surface area is 162 Å². The molecule has 0 spiro atoms. The van der Waals surface area contributed by atoms with E-state index in [4.69, 9.17) is 5.73 Å². The van der Waals surface area contributed by atoms with Crippen LogP contribution in [0.25, 0.3) is 0 Å². The van der Waals surface area contributed by atoms with Crippen molar-refractivity contribution in [1.29, 1.82) is 0 Å². The number of nitrogens with one attached hydrogen (secondary N) is 1. The predicted molar refractivity (Wildman–Crippen MR) is 109 cm³/mol. The number of rotatable bonds is 7. The smallest absolute Gasteiger partial charge is 0.255 e. The monoisotopic (exact) mass is 374 g/mol. The zero-order chi connectivity index (χ0) is 20.2. The van der Waals surface area contributed by atoms with Crippen LogP contribution >= 0.6 is 0 Å². The van der Waals surface area contributed by atoms with Gasteiger partial charge in [0.2, 0.25) is 0 Å². The van der Waals surface area contributed by atoms with Gasteiger partial charge in [0.25, 0.3) is 5.91 Å². The Kier molecular flexibility index (Phi) is 6.55. The summed E-state index contributed by atoms with van der Waals surface area (Å²) in [6.45, 7) is 8.97. The lowest BCUT2D eigenvalue weighted by molar-refractivity contribution is 0.0205. The molecule has 150 valence electrons. The summed E-state index contributed by atoms with van der Waals surface area (Å²) in [7, 11) is 0. The summed E-state index contributed by atoms with van der Waals surface area (Å²) < 4.78 is 0. The number of phenolic OH excluding ortho intramolecular Hbond substituents is 1. The van der Waals surface area contributed by atoms with E-state index in [1.54, 1.807) is 0 Å². The standard InChI is InChI=1S/C22H34N2O3/c1-5-21(6-2)11-15(12-22(7-3,8-4)14-21)24-20(27)16-9-10-18(23)17(13-25)19(16)26/h9-10,13,15,26H,5-8,11-12,14,23H2,1-4H3,(H,24,27). The summed E-state index contributed by atoms with van der Waals surface area (Å²) in [6, 6.07) is 3.03. The van der Waals surface area contributed by atoms with Crippen LogP contribution in [0.2, 0.25) is 0 Å². The van der Waals surface area contributed by atoms with Gasteiger partial charge in [0.1, 0.15) is 5.75 Å². The van der Waals surface area contributed by atoms with Crippen LogP contribution in [0.1, 0.15) is 93.4 Å². The fraction of sp³-hybridized carbons (Fsp3) is 0.636. The van der Waals surface area contributed by atoms with Crippen molar-refractivity contribution >= 4 is 17.9 Å². The predicted octanol–water partition coefficient (Wildman–Crippen LogP) is 4.68. The fourth-order valence-electron chi connectivity index (χ4n) is 4.93. The normalized spacial score (nSPS) is 18.8. The molecular formula is C22H34N2O3. The average Bonchev–Trinajstić information content (AvgIpc) is 2.67. The maximum Gasteiger partial charge on any atom is 0.255 e. The van der Waals surface area contributed by atoms with E-state index in [-0.39, 0.29) is 45.3 Å². The molecule has 1 saturated carbocycles. The van der Waals surface area contributed by atoms with Crippen LogP contribution in [0, 0.1) is 10.8 Å². The van der Waals surface area contributed by atoms with Gasteiger partial charge in [-0.1, -0.05) is 53.4 Å². The molecule has 27 heavy (non-hydrogen) atoms. The first-order valence-corrected chi connectivity index (χ1v) is 10.2. The van der Waals surface area contributed by atoms with Crippen LogP contribution in [0.15, 0.2) is 12.1 Å². The number of carbonyl (C=O) groups excluding carboxylic acids is 2. The average molecular weight is 375 g/mol. The number of amides is 1. The third-order valence-electron chi connectivity index (χ3n) is 7.06. The number of anilines is 1. The maximum atomic E-state index is 12.9. The molecule has 0 saturated heterocycles. The van der Waals surface area contributed by atoms with Crippen LogP contribution in [-0.4, -0.2) is 23.3 Å². The van der Waals surface area contributed by atoms with Gasteiger partial charge in [0.15, 0.2) is 6.29 Å². The van der Waals surface area contributed by atoms with Gasteiger partial charge >= 0.3 is 0 Å². The molecule has 0 aliphatic heterocycles. The highest BCUT2D eigenvalue weighted by Crippen LogP contribution is 2.53. The van der Waals surface area contributed by atoms with Crippen LogP contribution in [-0.2, 0) is 0 Å². The van der Waals surface area contributed by atoms with Crippen LogP contribution in [0.4, 0.5) is 5.69 Å². The molecule has 1 aliphatic rings. The van der Waals surface area contributed by atoms with Crippen LogP contribution < -0.4 is 11.1 Å². The molecule has 4 N–H and O–H groups in total. The molecule has 1 aromatic carbocycles. The summed E-state index contributed by atoms with van der Waals surface area (Å²) in [5, 5.41) is 13.4. The molecule has 5 nitrogen and oxygen atoms in total. The first kappa shape index (κ1) is 21.3. The Balaban J connectivity index is 2.29. The third kappa shape index (κ3) is 4.12. The first-order valence-electron chi connectivity index (χ1n) is 10.2. The van der Waals surface area contributed by atoms with Crippen LogP contribution in [0.5, 0.6) is 5.75 Å². The fourth-order valence-corrected chi connectivity index (χ4v) is 4.93. The number of hydrogen-bond acceptors (Lipinski definition) is 4. The second-order valence-electron chi connectivity index (χ2n) is 8.25. The number of aldehydes is 1. The van der Waals surface area contributed by atoms with Gasteiger partial charge in [-0.15, -0.1) is 0 Å². The van der Waals surface area contributed by atoms with Crippen molar-refractivity contribution in [2.45, 2.75) is 78.7 Å². The van der Waals surface area contributed by atoms with Gasteiger partial charge in [-0.2, -0.15) is 0 Å². The van der Waals surface area contributed by atoms with E-state index >= 15 is 0 Å². The Hall–Kier alpha value is -2.04. The topological polar surface area (TPSA) is 92.4 Å². The summed E-state index contributed by atoms with van der Waals surface area (Å²) in [5.41, 5.74) is 6.42. The zero-order valence-electron chi connectivity index (χ0n) is 17.1. The van der Waals surface area contributed by atoms with Crippen molar-refractivity contribution in [1.82, 2.24) is 5.32 Å². The summed E-state index contributed by atoms with van der Waals surface area (Å²) >= 11 is 0. The maximum absolute atomic E-state index is 12.9. The molecule has 0 atom stereocenters. The van der Waals surface area contributed by atoms with Crippen molar-refractivity contribution in [3.8, 4) is 5.75 Å². The van der Waals surface area contributed by atoms with Gasteiger partial charge in [-0.05, 0) is 42.2 Å². The minimum Gasteiger partial charge on any atom is -0.506 e. The van der Waals surface area contributed by atoms with E-state index in [2.05, 4.69) is 33.0 Å². The number of hydrogen-bond donors (Lipinski definition) is 3. The van der Waals surface area contributed by atoms with Crippen molar-refractivity contribution in [2.24, 2.45) is 10.8 Å². The quantitative estimate of drug-likeness (QED) is 0.477. The molecule has 1 fully saturated rings. The molecule has 0 radical (unpaired) electrons. The van der Waals surface area contributed by atoms with Crippen LogP contribution in [0.3, 0.4) is 0 Å². The molecule has 0 aromatic heterocycles. The lowest BCUT2D eigenvalue weighted by atomic mass is 9.56. The number of benzene rings is 1. The summed E-state index contributed by atoms with van der Waals surface area (Å²) in [6.07, 6.45) is 7.98. The number of aromatic hydroxyl groups is 1. The van der Waals surface area contributed by atoms with E-state index in [0.717, 1.165) is 38.5 Å². The van der Waals surface area contributed by atoms with Crippen molar-refractivity contribution < 1.29 is 14.7 Å². The lowest BCUT2D eigenvalue weighted by Gasteiger charge is -2.51. The highest BCUT2D eigenvalue weighted by molar-refractivity contribution is 6.01. The molecule has 1 aliphatic carbocycles. The number of phenols is 1. The molecular weight excluding hydrogens is 340 g/mol. The minimum atomic E-state index is -0.343. The Morgan fingerprint density at radius 1 is 1.15 bits per heavy atom. The second kappa shape index (κ2) is 8.32. The van der Waals surface area contributed by atoms with Crippen molar-refractivity contribution in [3.63, 3.8) is 0 Å². The molecule has 2 rings (SSSR count). The summed E-state index contributed by atoms with van der Waals surface area (Å²) in [5.74, 6) is -0.683. The van der Waals surface area contributed by atoms with Gasteiger partial charge in [0.05, 0.1) is 11.1 Å². The van der Waals surface area contributed by atoms with Crippen molar-refractivity contribution in [2.75, 3.05) is 5.73 Å². The molecule has 5 heteroatoms. The number of nitrogen functional groups attached to an aromatic ring is 1. The lowest BCUT2D eigenvalue weighted by Crippen LogP contribution is -2.49.